The molecule has 2 N–H and O–H groups in total. The number of nitrogens with one attached hydrogen (secondary N) is 1. The molecule has 6 nitrogen and oxygen atoms in total. The SMILES string of the molecule is COc1cc(-c2c/c(=N\Nc3ccc4ccccc4n3)c3cc(C)ccc3o2)ccc1O. The van der Waals surface area contributed by atoms with Crippen LogP contribution in [-0.4, -0.2) is 17.2 Å². The average Bonchev–Trinajstić information content (AvgIpc) is 2.82. The number of benzene rings is 3. The predicted octanol–water partition coefficient (Wildman–Crippen LogP) is 5.60. The molecule has 32 heavy (non-hydrogen) atoms. The first kappa shape index (κ1) is 19.6. The Hall–Kier alpha value is -4.32. The molecule has 0 aliphatic carbocycles. The quantitative estimate of drug-likeness (QED) is 0.368. The third-order valence-corrected chi connectivity index (χ3v) is 5.25. The molecule has 0 saturated heterocycles. The zero-order chi connectivity index (χ0) is 22.1. The van der Waals surface area contributed by atoms with Gasteiger partial charge < -0.3 is 14.3 Å². The van der Waals surface area contributed by atoms with Gasteiger partial charge in [0.2, 0.25) is 0 Å². The molecule has 0 atom stereocenters. The average molecular weight is 423 g/mol. The van der Waals surface area contributed by atoms with Gasteiger partial charge in [-0.3, -0.25) is 5.43 Å². The number of nitrogens with zero attached hydrogens (tertiary/aromatic N) is 2. The lowest BCUT2D eigenvalue weighted by Gasteiger charge is -2.09. The van der Waals surface area contributed by atoms with E-state index in [0.717, 1.165) is 27.4 Å². The van der Waals surface area contributed by atoms with Crippen LogP contribution in [0.5, 0.6) is 11.5 Å². The molecule has 0 spiro atoms. The second-order valence-corrected chi connectivity index (χ2v) is 7.49. The summed E-state index contributed by atoms with van der Waals surface area (Å²) in [4.78, 5) is 4.63. The summed E-state index contributed by atoms with van der Waals surface area (Å²) in [5.41, 5.74) is 6.55. The molecule has 0 aliphatic rings. The molecule has 0 saturated carbocycles. The van der Waals surface area contributed by atoms with Gasteiger partial charge in [-0.15, -0.1) is 0 Å². The minimum absolute atomic E-state index is 0.0709. The largest absolute Gasteiger partial charge is 0.504 e. The van der Waals surface area contributed by atoms with E-state index in [4.69, 9.17) is 9.15 Å². The normalized spacial score (nSPS) is 11.8. The van der Waals surface area contributed by atoms with E-state index in [0.29, 0.717) is 28.3 Å². The Labute approximate surface area is 184 Å². The van der Waals surface area contributed by atoms with Gasteiger partial charge in [0.1, 0.15) is 17.2 Å². The van der Waals surface area contributed by atoms with Crippen molar-refractivity contribution >= 4 is 27.7 Å². The van der Waals surface area contributed by atoms with Crippen LogP contribution in [0.2, 0.25) is 0 Å². The van der Waals surface area contributed by atoms with Crippen molar-refractivity contribution in [2.75, 3.05) is 12.5 Å². The summed E-state index contributed by atoms with van der Waals surface area (Å²) in [5, 5.41) is 17.2. The van der Waals surface area contributed by atoms with Gasteiger partial charge in [0, 0.05) is 22.4 Å². The highest BCUT2D eigenvalue weighted by Gasteiger charge is 2.10. The number of rotatable bonds is 4. The molecule has 0 fully saturated rings. The van der Waals surface area contributed by atoms with E-state index < -0.39 is 0 Å². The number of hydrogen-bond acceptors (Lipinski definition) is 6. The summed E-state index contributed by atoms with van der Waals surface area (Å²) >= 11 is 0. The van der Waals surface area contributed by atoms with Crippen LogP contribution in [0.15, 0.2) is 88.4 Å². The summed E-state index contributed by atoms with van der Waals surface area (Å²) in [6.07, 6.45) is 0. The van der Waals surface area contributed by atoms with Crippen molar-refractivity contribution in [1.29, 1.82) is 0 Å². The lowest BCUT2D eigenvalue weighted by molar-refractivity contribution is 0.373. The predicted molar refractivity (Wildman–Crippen MR) is 126 cm³/mol. The Balaban J connectivity index is 1.63. The van der Waals surface area contributed by atoms with Gasteiger partial charge in [-0.25, -0.2) is 4.98 Å². The molecule has 0 unspecified atom stereocenters. The second kappa shape index (κ2) is 8.07. The van der Waals surface area contributed by atoms with E-state index in [-0.39, 0.29) is 5.75 Å². The highest BCUT2D eigenvalue weighted by atomic mass is 16.5. The number of aryl methyl sites for hydroxylation is 1. The first-order valence-corrected chi connectivity index (χ1v) is 10.2. The van der Waals surface area contributed by atoms with Crippen molar-refractivity contribution in [3.8, 4) is 22.8 Å². The van der Waals surface area contributed by atoms with Crippen LogP contribution in [0.1, 0.15) is 5.56 Å². The van der Waals surface area contributed by atoms with Gasteiger partial charge in [-0.2, -0.15) is 5.10 Å². The minimum Gasteiger partial charge on any atom is -0.504 e. The first-order valence-electron chi connectivity index (χ1n) is 10.2. The van der Waals surface area contributed by atoms with E-state index in [1.165, 1.54) is 7.11 Å². The number of phenolic OH excluding ortho intramolecular Hbond substituents is 1. The van der Waals surface area contributed by atoms with E-state index >= 15 is 0 Å². The fourth-order valence-corrected chi connectivity index (χ4v) is 3.59. The van der Waals surface area contributed by atoms with Gasteiger partial charge in [0.05, 0.1) is 18.0 Å². The monoisotopic (exact) mass is 423 g/mol. The molecule has 3 aromatic carbocycles. The Morgan fingerprint density at radius 1 is 0.969 bits per heavy atom. The molecule has 0 radical (unpaired) electrons. The van der Waals surface area contributed by atoms with Crippen LogP contribution in [0.4, 0.5) is 5.82 Å². The molecule has 5 aromatic rings. The van der Waals surface area contributed by atoms with E-state index in [1.807, 2.05) is 67.6 Å². The van der Waals surface area contributed by atoms with Crippen molar-refractivity contribution in [2.24, 2.45) is 5.10 Å². The number of pyridine rings is 1. The van der Waals surface area contributed by atoms with Crippen LogP contribution in [0.25, 0.3) is 33.2 Å². The fraction of sp³-hybridized carbons (Fsp3) is 0.0769. The molecule has 5 rings (SSSR count). The fourth-order valence-electron chi connectivity index (χ4n) is 3.59. The Morgan fingerprint density at radius 2 is 1.84 bits per heavy atom. The van der Waals surface area contributed by atoms with Gasteiger partial charge in [-0.05, 0) is 55.5 Å². The maximum Gasteiger partial charge on any atom is 0.161 e. The lowest BCUT2D eigenvalue weighted by atomic mass is 10.1. The smallest absolute Gasteiger partial charge is 0.161 e. The Kier molecular flexibility index (Phi) is 4.95. The molecule has 6 heteroatoms. The minimum atomic E-state index is 0.0709. The Morgan fingerprint density at radius 3 is 2.72 bits per heavy atom. The third kappa shape index (κ3) is 3.74. The van der Waals surface area contributed by atoms with Crippen molar-refractivity contribution in [3.63, 3.8) is 0 Å². The number of aromatic nitrogens is 1. The summed E-state index contributed by atoms with van der Waals surface area (Å²) in [5.74, 6) is 1.70. The van der Waals surface area contributed by atoms with E-state index in [1.54, 1.807) is 18.2 Å². The number of methoxy groups -OCH3 is 1. The number of hydrogen-bond donors (Lipinski definition) is 2. The van der Waals surface area contributed by atoms with Gasteiger partial charge in [0.25, 0.3) is 0 Å². The van der Waals surface area contributed by atoms with Crippen LogP contribution in [-0.2, 0) is 0 Å². The first-order chi connectivity index (χ1) is 15.6. The van der Waals surface area contributed by atoms with E-state index in [9.17, 15) is 5.11 Å². The molecule has 2 aromatic heterocycles. The molecule has 158 valence electrons. The molecule has 0 amide bonds. The zero-order valence-electron chi connectivity index (χ0n) is 17.7. The highest BCUT2D eigenvalue weighted by molar-refractivity contribution is 5.81. The van der Waals surface area contributed by atoms with Gasteiger partial charge in [0.15, 0.2) is 11.5 Å². The van der Waals surface area contributed by atoms with Crippen LogP contribution in [0, 0.1) is 6.92 Å². The maximum absolute atomic E-state index is 9.93. The number of para-hydroxylation sites is 1. The number of anilines is 1. The Bertz CT molecular complexity index is 1520. The molecule has 0 aliphatic heterocycles. The third-order valence-electron chi connectivity index (χ3n) is 5.25. The van der Waals surface area contributed by atoms with Crippen LogP contribution < -0.4 is 15.5 Å². The van der Waals surface area contributed by atoms with Crippen molar-refractivity contribution in [2.45, 2.75) is 6.92 Å². The molecule has 0 bridgehead atoms. The lowest BCUT2D eigenvalue weighted by Crippen LogP contribution is -2.08. The van der Waals surface area contributed by atoms with E-state index in [2.05, 4.69) is 15.5 Å². The maximum atomic E-state index is 9.93. The molecular weight excluding hydrogens is 402 g/mol. The van der Waals surface area contributed by atoms with Crippen molar-refractivity contribution in [3.05, 3.63) is 89.8 Å². The highest BCUT2D eigenvalue weighted by Crippen LogP contribution is 2.32. The zero-order valence-corrected chi connectivity index (χ0v) is 17.7. The summed E-state index contributed by atoms with van der Waals surface area (Å²) in [6.45, 7) is 2.03. The summed E-state index contributed by atoms with van der Waals surface area (Å²) < 4.78 is 11.4. The number of fused-ring (bicyclic) bond motifs is 2. The molecular formula is C26H21N3O3. The summed E-state index contributed by atoms with van der Waals surface area (Å²) in [6, 6.07) is 24.8. The standard InChI is InChI=1S/C26H21N3O3/c1-16-7-11-23-19(13-16)21(15-24(32-23)18-8-10-22(30)25(14-18)31-2)28-29-26-12-9-17-5-3-4-6-20(17)27-26/h3-15,30H,1-2H3,(H,27,29)/b28-21+. The number of phenols is 1. The molecule has 2 heterocycles. The van der Waals surface area contributed by atoms with Gasteiger partial charge >= 0.3 is 0 Å². The van der Waals surface area contributed by atoms with Crippen LogP contribution in [0.3, 0.4) is 0 Å². The van der Waals surface area contributed by atoms with Crippen LogP contribution >= 0.6 is 0 Å². The van der Waals surface area contributed by atoms with Gasteiger partial charge in [-0.1, -0.05) is 29.8 Å². The topological polar surface area (TPSA) is 79.9 Å². The second-order valence-electron chi connectivity index (χ2n) is 7.49. The van der Waals surface area contributed by atoms with Crippen molar-refractivity contribution in [1.82, 2.24) is 4.98 Å². The summed E-state index contributed by atoms with van der Waals surface area (Å²) in [7, 11) is 1.51. The number of aromatic hydroxyl groups is 1. The van der Waals surface area contributed by atoms with Crippen molar-refractivity contribution < 1.29 is 14.3 Å². The number of ether oxygens (including phenoxy) is 1.